The zero-order valence-corrected chi connectivity index (χ0v) is 17.9. The highest BCUT2D eigenvalue weighted by Crippen LogP contribution is 2.30. The number of rotatable bonds is 4. The smallest absolute Gasteiger partial charge is 0.262 e. The maximum atomic E-state index is 12.7. The number of carbonyl (C=O) groups is 1. The summed E-state index contributed by atoms with van der Waals surface area (Å²) in [5.41, 5.74) is 2.32. The van der Waals surface area contributed by atoms with Crippen molar-refractivity contribution >= 4 is 40.4 Å². The molecule has 2 aromatic rings. The minimum Gasteiger partial charge on any atom is -0.490 e. The van der Waals surface area contributed by atoms with E-state index in [-0.39, 0.29) is 18.1 Å². The molecule has 0 aliphatic heterocycles. The highest BCUT2D eigenvalue weighted by Gasteiger charge is 2.29. The van der Waals surface area contributed by atoms with Gasteiger partial charge >= 0.3 is 0 Å². The first kappa shape index (κ1) is 20.0. The van der Waals surface area contributed by atoms with Crippen molar-refractivity contribution in [3.8, 4) is 11.8 Å². The number of nitriles is 1. The second-order valence-electron chi connectivity index (χ2n) is 6.78. The van der Waals surface area contributed by atoms with E-state index in [0.29, 0.717) is 16.3 Å². The quantitative estimate of drug-likeness (QED) is 0.404. The molecule has 3 rings (SSSR count). The number of halogens is 2. The van der Waals surface area contributed by atoms with E-state index in [0.717, 1.165) is 36.8 Å². The van der Waals surface area contributed by atoms with Gasteiger partial charge in [-0.2, -0.15) is 5.26 Å². The maximum absolute atomic E-state index is 12.7. The summed E-state index contributed by atoms with van der Waals surface area (Å²) in [6, 6.07) is 15.1. The van der Waals surface area contributed by atoms with E-state index in [4.69, 9.17) is 21.6 Å². The van der Waals surface area contributed by atoms with E-state index in [2.05, 4.69) is 22.9 Å². The Labute approximate surface area is 178 Å². The normalized spacial score (nSPS) is 19.2. The van der Waals surface area contributed by atoms with Crippen molar-refractivity contribution in [2.45, 2.75) is 44.8 Å². The standard InChI is InChI=1S/C21H20ClIN2O2/c1-14-2-4-15(5-3-14)21(26)25(23)17-7-10-18(11-8-17)27-19-9-6-16(13-24)20(22)12-19/h2-6,9,12,17-18H,7-8,10-11H2,1H3/t17-,18-. The maximum Gasteiger partial charge on any atom is 0.262 e. The van der Waals surface area contributed by atoms with Crippen LogP contribution in [0.3, 0.4) is 0 Å². The van der Waals surface area contributed by atoms with E-state index in [9.17, 15) is 4.79 Å². The lowest BCUT2D eigenvalue weighted by molar-refractivity contribution is 0.0780. The molecule has 1 amide bonds. The Kier molecular flexibility index (Phi) is 6.61. The van der Waals surface area contributed by atoms with Gasteiger partial charge in [-0.05, 0) is 56.9 Å². The number of ether oxygens (including phenoxy) is 1. The number of amides is 1. The minimum atomic E-state index is 0.0545. The molecule has 1 fully saturated rings. The topological polar surface area (TPSA) is 53.3 Å². The third kappa shape index (κ3) is 4.94. The molecule has 6 heteroatoms. The third-order valence-electron chi connectivity index (χ3n) is 4.82. The zero-order valence-electron chi connectivity index (χ0n) is 15.0. The number of nitrogens with zero attached hydrogens (tertiary/aromatic N) is 2. The molecule has 0 radical (unpaired) electrons. The first-order chi connectivity index (χ1) is 13.0. The molecule has 0 saturated heterocycles. The molecule has 1 saturated carbocycles. The van der Waals surface area contributed by atoms with Gasteiger partial charge in [0.05, 0.1) is 39.6 Å². The van der Waals surface area contributed by atoms with Gasteiger partial charge in [-0.3, -0.25) is 7.91 Å². The third-order valence-corrected chi connectivity index (χ3v) is 6.36. The van der Waals surface area contributed by atoms with Gasteiger partial charge in [-0.25, -0.2) is 0 Å². The molecule has 140 valence electrons. The summed E-state index contributed by atoms with van der Waals surface area (Å²) in [6.07, 6.45) is 3.65. The van der Waals surface area contributed by atoms with Gasteiger partial charge in [0.1, 0.15) is 11.8 Å². The molecule has 0 aromatic heterocycles. The number of hydrogen-bond acceptors (Lipinski definition) is 3. The van der Waals surface area contributed by atoms with Crippen molar-refractivity contribution in [1.29, 1.82) is 5.26 Å². The van der Waals surface area contributed by atoms with Crippen LogP contribution in [-0.4, -0.2) is 21.2 Å². The van der Waals surface area contributed by atoms with Crippen molar-refractivity contribution in [3.05, 3.63) is 64.2 Å². The largest absolute Gasteiger partial charge is 0.490 e. The Morgan fingerprint density at radius 1 is 1.19 bits per heavy atom. The van der Waals surface area contributed by atoms with E-state index in [1.165, 1.54) is 0 Å². The van der Waals surface area contributed by atoms with Gasteiger partial charge in [-0.1, -0.05) is 29.3 Å². The van der Waals surface area contributed by atoms with E-state index < -0.39 is 0 Å². The van der Waals surface area contributed by atoms with Crippen molar-refractivity contribution < 1.29 is 9.53 Å². The van der Waals surface area contributed by atoms with Crippen LogP contribution in [0.2, 0.25) is 5.02 Å². The summed E-state index contributed by atoms with van der Waals surface area (Å²) in [4.78, 5) is 12.7. The first-order valence-electron chi connectivity index (χ1n) is 8.90. The van der Waals surface area contributed by atoms with Crippen molar-refractivity contribution in [1.82, 2.24) is 3.11 Å². The zero-order chi connectivity index (χ0) is 19.4. The van der Waals surface area contributed by atoms with Crippen LogP contribution in [0.5, 0.6) is 5.75 Å². The number of benzene rings is 2. The predicted octanol–water partition coefficient (Wildman–Crippen LogP) is 5.70. The van der Waals surface area contributed by atoms with Crippen LogP contribution in [-0.2, 0) is 0 Å². The first-order valence-corrected chi connectivity index (χ1v) is 10.2. The highest BCUT2D eigenvalue weighted by atomic mass is 127. The summed E-state index contributed by atoms with van der Waals surface area (Å²) in [7, 11) is 0. The second kappa shape index (κ2) is 8.94. The molecule has 0 heterocycles. The lowest BCUT2D eigenvalue weighted by atomic mass is 9.92. The average Bonchev–Trinajstić information content (AvgIpc) is 2.68. The molecule has 0 atom stereocenters. The molecular weight excluding hydrogens is 475 g/mol. The van der Waals surface area contributed by atoms with Crippen LogP contribution in [0.25, 0.3) is 0 Å². The summed E-state index contributed by atoms with van der Waals surface area (Å²) >= 11 is 8.20. The number of hydrogen-bond donors (Lipinski definition) is 0. The van der Waals surface area contributed by atoms with Crippen molar-refractivity contribution in [3.63, 3.8) is 0 Å². The van der Waals surface area contributed by atoms with Gasteiger partial charge in [0.15, 0.2) is 0 Å². The SMILES string of the molecule is Cc1ccc(C(=O)N(I)[C@H]2CC[C@H](Oc3ccc(C#N)c(Cl)c3)CC2)cc1. The highest BCUT2D eigenvalue weighted by molar-refractivity contribution is 14.1. The molecule has 0 spiro atoms. The molecule has 1 aliphatic carbocycles. The lowest BCUT2D eigenvalue weighted by Crippen LogP contribution is -2.37. The van der Waals surface area contributed by atoms with Gasteiger partial charge in [0, 0.05) is 17.7 Å². The number of aryl methyl sites for hydroxylation is 1. The van der Waals surface area contributed by atoms with Gasteiger partial charge < -0.3 is 4.74 Å². The monoisotopic (exact) mass is 494 g/mol. The molecule has 2 aromatic carbocycles. The van der Waals surface area contributed by atoms with Gasteiger partial charge in [-0.15, -0.1) is 0 Å². The lowest BCUT2D eigenvalue weighted by Gasteiger charge is -2.33. The molecule has 4 nitrogen and oxygen atoms in total. The summed E-state index contributed by atoms with van der Waals surface area (Å²) < 4.78 is 7.85. The van der Waals surface area contributed by atoms with Crippen LogP contribution < -0.4 is 4.74 Å². The Balaban J connectivity index is 1.55. The molecule has 0 bridgehead atoms. The summed E-state index contributed by atoms with van der Waals surface area (Å²) in [5, 5.41) is 9.35. The van der Waals surface area contributed by atoms with Crippen LogP contribution >= 0.6 is 34.5 Å². The van der Waals surface area contributed by atoms with Crippen LogP contribution in [0.15, 0.2) is 42.5 Å². The fourth-order valence-electron chi connectivity index (χ4n) is 3.23. The predicted molar refractivity (Wildman–Crippen MR) is 114 cm³/mol. The number of carbonyl (C=O) groups excluding carboxylic acids is 1. The fraction of sp³-hybridized carbons (Fsp3) is 0.333. The summed E-state index contributed by atoms with van der Waals surface area (Å²) in [6.45, 7) is 2.01. The Morgan fingerprint density at radius 3 is 2.44 bits per heavy atom. The Bertz CT molecular complexity index is 855. The Morgan fingerprint density at radius 2 is 1.85 bits per heavy atom. The minimum absolute atomic E-state index is 0.0545. The van der Waals surface area contributed by atoms with Crippen LogP contribution in [0.4, 0.5) is 0 Å². The average molecular weight is 495 g/mol. The van der Waals surface area contributed by atoms with Crippen LogP contribution in [0.1, 0.15) is 47.2 Å². The molecule has 1 aliphatic rings. The van der Waals surface area contributed by atoms with Crippen molar-refractivity contribution in [2.75, 3.05) is 0 Å². The van der Waals surface area contributed by atoms with Gasteiger partial charge in [0.25, 0.3) is 5.91 Å². The molecule has 0 unspecified atom stereocenters. The second-order valence-corrected chi connectivity index (χ2v) is 8.23. The molecular formula is C21H20ClIN2O2. The van der Waals surface area contributed by atoms with Crippen LogP contribution in [0, 0.1) is 18.3 Å². The summed E-state index contributed by atoms with van der Waals surface area (Å²) in [5.74, 6) is 0.739. The molecule has 0 N–H and O–H groups in total. The molecule has 27 heavy (non-hydrogen) atoms. The fourth-order valence-corrected chi connectivity index (χ4v) is 4.28. The van der Waals surface area contributed by atoms with E-state index >= 15 is 0 Å². The van der Waals surface area contributed by atoms with Gasteiger partial charge in [0.2, 0.25) is 0 Å². The van der Waals surface area contributed by atoms with E-state index in [1.807, 2.05) is 40.4 Å². The van der Waals surface area contributed by atoms with Crippen molar-refractivity contribution in [2.24, 2.45) is 0 Å². The van der Waals surface area contributed by atoms with E-state index in [1.54, 1.807) is 18.2 Å². The Hall–Kier alpha value is -1.78.